The Morgan fingerprint density at radius 2 is 1.89 bits per heavy atom. The van der Waals surface area contributed by atoms with E-state index in [0.717, 1.165) is 29.6 Å². The van der Waals surface area contributed by atoms with E-state index in [1.54, 1.807) is 0 Å². The third kappa shape index (κ3) is 5.43. The molecule has 27 heavy (non-hydrogen) atoms. The first-order valence-corrected chi connectivity index (χ1v) is 9.31. The second-order valence-electron chi connectivity index (χ2n) is 7.25. The zero-order valence-corrected chi connectivity index (χ0v) is 16.8. The van der Waals surface area contributed by atoms with Crippen LogP contribution in [0.2, 0.25) is 0 Å². The summed E-state index contributed by atoms with van der Waals surface area (Å²) in [6.07, 6.45) is 5.67. The van der Waals surface area contributed by atoms with Crippen LogP contribution in [-0.2, 0) is 19.9 Å². The van der Waals surface area contributed by atoms with Crippen LogP contribution in [0.3, 0.4) is 0 Å². The van der Waals surface area contributed by atoms with Gasteiger partial charge in [0.25, 0.3) is 0 Å². The Hall–Kier alpha value is -2.62. The van der Waals surface area contributed by atoms with E-state index in [2.05, 4.69) is 49.8 Å². The summed E-state index contributed by atoms with van der Waals surface area (Å²) in [6, 6.07) is 10.4. The molecule has 2 aromatic rings. The van der Waals surface area contributed by atoms with Gasteiger partial charge >= 0.3 is 0 Å². The van der Waals surface area contributed by atoms with Gasteiger partial charge in [-0.3, -0.25) is 4.68 Å². The molecule has 1 heterocycles. The van der Waals surface area contributed by atoms with Gasteiger partial charge in [-0.05, 0) is 65.7 Å². The molecule has 3 nitrogen and oxygen atoms in total. The van der Waals surface area contributed by atoms with Crippen molar-refractivity contribution < 1.29 is 4.39 Å². The molecule has 0 bridgehead atoms. The number of halogens is 1. The summed E-state index contributed by atoms with van der Waals surface area (Å²) in [5.74, 6) is 0.225. The van der Waals surface area contributed by atoms with Gasteiger partial charge in [-0.2, -0.15) is 5.10 Å². The van der Waals surface area contributed by atoms with Crippen LogP contribution in [0, 0.1) is 5.92 Å². The van der Waals surface area contributed by atoms with Gasteiger partial charge in [-0.25, -0.2) is 4.39 Å². The number of rotatable bonds is 8. The molecule has 0 saturated heterocycles. The zero-order valence-electron chi connectivity index (χ0n) is 16.8. The molecule has 4 heteroatoms. The predicted octanol–water partition coefficient (Wildman–Crippen LogP) is 5.00. The van der Waals surface area contributed by atoms with Crippen LogP contribution in [0.4, 0.5) is 4.39 Å². The van der Waals surface area contributed by atoms with E-state index in [1.807, 2.05) is 37.0 Å². The molecule has 0 saturated carbocycles. The standard InChI is InChI=1S/C23H30FN3/c1-16(2)22(18(4)25)14-23(17(3)15-24)20-9-6-19(7-10-20)8-11-21-12-13-26-27(21)5/h6-7,9-10,12-14,16H,4,8,11,15,25H2,1-3,5H3/b22-14+,23-17-. The monoisotopic (exact) mass is 367 g/mol. The molecule has 1 aromatic heterocycles. The van der Waals surface area contributed by atoms with E-state index < -0.39 is 6.67 Å². The van der Waals surface area contributed by atoms with Crippen molar-refractivity contribution in [3.63, 3.8) is 0 Å². The fourth-order valence-electron chi connectivity index (χ4n) is 3.08. The van der Waals surface area contributed by atoms with Gasteiger partial charge < -0.3 is 5.73 Å². The van der Waals surface area contributed by atoms with E-state index in [9.17, 15) is 4.39 Å². The van der Waals surface area contributed by atoms with Crippen molar-refractivity contribution in [2.75, 3.05) is 6.67 Å². The molecular weight excluding hydrogens is 337 g/mol. The molecule has 2 rings (SSSR count). The van der Waals surface area contributed by atoms with E-state index in [0.29, 0.717) is 11.3 Å². The molecule has 144 valence electrons. The number of aromatic nitrogens is 2. The maximum absolute atomic E-state index is 13.4. The number of hydrogen-bond acceptors (Lipinski definition) is 2. The first kappa shape index (κ1) is 20.7. The highest BCUT2D eigenvalue weighted by molar-refractivity contribution is 5.78. The van der Waals surface area contributed by atoms with Gasteiger partial charge in [-0.1, -0.05) is 44.7 Å². The molecule has 0 aliphatic carbocycles. The van der Waals surface area contributed by atoms with Gasteiger partial charge in [0.2, 0.25) is 0 Å². The predicted molar refractivity (Wildman–Crippen MR) is 112 cm³/mol. The summed E-state index contributed by atoms with van der Waals surface area (Å²) < 4.78 is 15.3. The number of aryl methyl sites for hydroxylation is 3. The molecule has 0 aliphatic rings. The summed E-state index contributed by atoms with van der Waals surface area (Å²) >= 11 is 0. The van der Waals surface area contributed by atoms with Crippen molar-refractivity contribution in [3.8, 4) is 0 Å². The number of nitrogens with two attached hydrogens (primary N) is 1. The lowest BCUT2D eigenvalue weighted by Crippen LogP contribution is -2.06. The number of hydrogen-bond donors (Lipinski definition) is 1. The van der Waals surface area contributed by atoms with Gasteiger partial charge in [0, 0.05) is 24.6 Å². The highest BCUT2D eigenvalue weighted by Crippen LogP contribution is 2.26. The second-order valence-corrected chi connectivity index (χ2v) is 7.25. The normalized spacial score (nSPS) is 13.0. The van der Waals surface area contributed by atoms with Crippen LogP contribution in [0.1, 0.15) is 37.6 Å². The molecule has 0 aliphatic heterocycles. The fraction of sp³-hybridized carbons (Fsp3) is 0.348. The molecule has 0 unspecified atom stereocenters. The highest BCUT2D eigenvalue weighted by Gasteiger charge is 2.10. The number of benzene rings is 1. The maximum Gasteiger partial charge on any atom is 0.111 e. The number of allylic oxidation sites excluding steroid dienone is 4. The van der Waals surface area contributed by atoms with Gasteiger partial charge in [-0.15, -0.1) is 0 Å². The van der Waals surface area contributed by atoms with Crippen molar-refractivity contribution in [1.82, 2.24) is 9.78 Å². The Morgan fingerprint density at radius 1 is 1.22 bits per heavy atom. The minimum atomic E-state index is -0.490. The third-order valence-corrected chi connectivity index (χ3v) is 4.81. The molecule has 1 aromatic carbocycles. The Kier molecular flexibility index (Phi) is 7.17. The summed E-state index contributed by atoms with van der Waals surface area (Å²) in [4.78, 5) is 0. The van der Waals surface area contributed by atoms with Crippen LogP contribution in [0.15, 0.2) is 66.0 Å². The Labute approximate surface area is 162 Å². The van der Waals surface area contributed by atoms with Crippen molar-refractivity contribution in [2.45, 2.75) is 33.6 Å². The number of alkyl halides is 1. The second kappa shape index (κ2) is 9.36. The topological polar surface area (TPSA) is 43.8 Å². The summed E-state index contributed by atoms with van der Waals surface area (Å²) in [6.45, 7) is 9.32. The molecule has 0 radical (unpaired) electrons. The van der Waals surface area contributed by atoms with Crippen molar-refractivity contribution in [1.29, 1.82) is 0 Å². The highest BCUT2D eigenvalue weighted by atomic mass is 19.1. The first-order chi connectivity index (χ1) is 12.8. The Bertz CT molecular complexity index is 839. The minimum absolute atomic E-state index is 0.225. The van der Waals surface area contributed by atoms with Crippen LogP contribution < -0.4 is 5.73 Å². The summed E-state index contributed by atoms with van der Waals surface area (Å²) in [7, 11) is 1.96. The van der Waals surface area contributed by atoms with E-state index in [-0.39, 0.29) is 5.92 Å². The quantitative estimate of drug-likeness (QED) is 0.667. The summed E-state index contributed by atoms with van der Waals surface area (Å²) in [5, 5.41) is 4.20. The molecule has 0 spiro atoms. The van der Waals surface area contributed by atoms with E-state index in [1.165, 1.54) is 11.3 Å². The lowest BCUT2D eigenvalue weighted by atomic mass is 9.92. The van der Waals surface area contributed by atoms with Gasteiger partial charge in [0.05, 0.1) is 0 Å². The lowest BCUT2D eigenvalue weighted by molar-refractivity contribution is 0.544. The van der Waals surface area contributed by atoms with Gasteiger partial charge in [0.1, 0.15) is 6.67 Å². The lowest BCUT2D eigenvalue weighted by Gasteiger charge is -2.15. The Morgan fingerprint density at radius 3 is 2.37 bits per heavy atom. The fourth-order valence-corrected chi connectivity index (χ4v) is 3.08. The minimum Gasteiger partial charge on any atom is -0.399 e. The SMILES string of the molecule is C=C(N)/C(=C/C(=C(\C)CF)c1ccc(CCc2ccnn2C)cc1)C(C)C. The average Bonchev–Trinajstić information content (AvgIpc) is 3.05. The van der Waals surface area contributed by atoms with E-state index >= 15 is 0 Å². The van der Waals surface area contributed by atoms with Gasteiger partial charge in [0.15, 0.2) is 0 Å². The van der Waals surface area contributed by atoms with Crippen molar-refractivity contribution in [2.24, 2.45) is 18.7 Å². The average molecular weight is 368 g/mol. The van der Waals surface area contributed by atoms with E-state index in [4.69, 9.17) is 5.73 Å². The first-order valence-electron chi connectivity index (χ1n) is 9.31. The summed E-state index contributed by atoms with van der Waals surface area (Å²) in [5.41, 5.74) is 12.4. The third-order valence-electron chi connectivity index (χ3n) is 4.81. The molecule has 0 amide bonds. The van der Waals surface area contributed by atoms with Crippen LogP contribution in [0.5, 0.6) is 0 Å². The van der Waals surface area contributed by atoms with Crippen LogP contribution >= 0.6 is 0 Å². The van der Waals surface area contributed by atoms with Crippen LogP contribution in [0.25, 0.3) is 5.57 Å². The molecule has 0 fully saturated rings. The largest absolute Gasteiger partial charge is 0.399 e. The van der Waals surface area contributed by atoms with Crippen LogP contribution in [-0.4, -0.2) is 16.5 Å². The maximum atomic E-state index is 13.4. The zero-order chi connectivity index (χ0) is 20.0. The molecular formula is C23H30FN3. The Balaban J connectivity index is 2.26. The van der Waals surface area contributed by atoms with Crippen molar-refractivity contribution in [3.05, 3.63) is 82.8 Å². The number of nitrogens with zero attached hydrogens (tertiary/aromatic N) is 2. The molecule has 2 N–H and O–H groups in total. The molecule has 0 atom stereocenters. The smallest absolute Gasteiger partial charge is 0.111 e. The van der Waals surface area contributed by atoms with Crippen molar-refractivity contribution >= 4 is 5.57 Å².